The summed E-state index contributed by atoms with van der Waals surface area (Å²) in [6, 6.07) is 5.41. The molecule has 4 heteroatoms. The molecule has 1 unspecified atom stereocenters. The average molecular weight is 305 g/mol. The number of hydrogen-bond donors (Lipinski definition) is 1. The Morgan fingerprint density at radius 3 is 2.88 bits per heavy atom. The lowest BCUT2D eigenvalue weighted by Crippen LogP contribution is -2.20. The molecule has 1 N–H and O–H groups in total. The van der Waals surface area contributed by atoms with Gasteiger partial charge in [-0.2, -0.15) is 0 Å². The van der Waals surface area contributed by atoms with Gasteiger partial charge in [-0.25, -0.2) is 0 Å². The van der Waals surface area contributed by atoms with Gasteiger partial charge < -0.3 is 5.32 Å². The number of hydrogen-bond acceptors (Lipinski definition) is 1. The van der Waals surface area contributed by atoms with Crippen LogP contribution < -0.4 is 5.32 Å². The third-order valence-corrected chi connectivity index (χ3v) is 3.78. The molecule has 0 aliphatic heterocycles. The van der Waals surface area contributed by atoms with E-state index in [1.54, 1.807) is 6.07 Å². The molecule has 1 atom stereocenters. The van der Waals surface area contributed by atoms with E-state index in [0.717, 1.165) is 23.0 Å². The maximum absolute atomic E-state index is 11.8. The van der Waals surface area contributed by atoms with Crippen LogP contribution in [-0.4, -0.2) is 5.91 Å². The summed E-state index contributed by atoms with van der Waals surface area (Å²) >= 11 is 9.29. The fourth-order valence-electron chi connectivity index (χ4n) is 1.42. The molecule has 1 rings (SSSR count). The molecule has 0 radical (unpaired) electrons. The monoisotopic (exact) mass is 303 g/mol. The number of amides is 1. The highest BCUT2D eigenvalue weighted by Crippen LogP contribution is 2.30. The summed E-state index contributed by atoms with van der Waals surface area (Å²) in [6.45, 7) is 4.00. The van der Waals surface area contributed by atoms with E-state index in [9.17, 15) is 4.79 Å². The Bertz CT molecular complexity index is 381. The maximum atomic E-state index is 11.8. The van der Waals surface area contributed by atoms with E-state index in [2.05, 4.69) is 28.2 Å². The topological polar surface area (TPSA) is 29.1 Å². The van der Waals surface area contributed by atoms with Gasteiger partial charge in [0.1, 0.15) is 0 Å². The smallest absolute Gasteiger partial charge is 0.227 e. The van der Waals surface area contributed by atoms with Gasteiger partial charge in [0, 0.05) is 5.92 Å². The molecule has 0 aliphatic carbocycles. The molecule has 0 heterocycles. The van der Waals surface area contributed by atoms with Crippen molar-refractivity contribution in [1.29, 1.82) is 0 Å². The van der Waals surface area contributed by atoms with E-state index in [1.165, 1.54) is 0 Å². The molecule has 88 valence electrons. The highest BCUT2D eigenvalue weighted by atomic mass is 79.9. The van der Waals surface area contributed by atoms with Crippen LogP contribution in [0, 0.1) is 5.92 Å². The van der Waals surface area contributed by atoms with E-state index in [1.807, 2.05) is 19.1 Å². The highest BCUT2D eigenvalue weighted by Gasteiger charge is 2.13. The summed E-state index contributed by atoms with van der Waals surface area (Å²) in [5, 5.41) is 3.46. The van der Waals surface area contributed by atoms with E-state index >= 15 is 0 Å². The van der Waals surface area contributed by atoms with Gasteiger partial charge in [-0.3, -0.25) is 4.79 Å². The SMILES string of the molecule is CCCC(C)C(=O)Nc1cccc(Cl)c1Br. The Morgan fingerprint density at radius 2 is 2.25 bits per heavy atom. The number of rotatable bonds is 4. The Labute approximate surface area is 110 Å². The van der Waals surface area contributed by atoms with Crippen LogP contribution in [0.5, 0.6) is 0 Å². The fourth-order valence-corrected chi connectivity index (χ4v) is 1.96. The largest absolute Gasteiger partial charge is 0.325 e. The predicted octanol–water partition coefficient (Wildman–Crippen LogP) is 4.48. The zero-order chi connectivity index (χ0) is 12.1. The first-order valence-electron chi connectivity index (χ1n) is 5.31. The van der Waals surface area contributed by atoms with Crippen molar-refractivity contribution in [1.82, 2.24) is 0 Å². The predicted molar refractivity (Wildman–Crippen MR) is 71.9 cm³/mol. The van der Waals surface area contributed by atoms with Crippen LogP contribution in [0.25, 0.3) is 0 Å². The minimum atomic E-state index is 0.0240. The first-order valence-corrected chi connectivity index (χ1v) is 6.48. The molecule has 0 aliphatic rings. The molecule has 0 fully saturated rings. The van der Waals surface area contributed by atoms with Gasteiger partial charge in [-0.15, -0.1) is 0 Å². The summed E-state index contributed by atoms with van der Waals surface area (Å²) in [4.78, 5) is 11.8. The number of nitrogens with one attached hydrogen (secondary N) is 1. The van der Waals surface area contributed by atoms with Crippen molar-refractivity contribution in [2.45, 2.75) is 26.7 Å². The van der Waals surface area contributed by atoms with Crippen molar-refractivity contribution in [3.63, 3.8) is 0 Å². The van der Waals surface area contributed by atoms with Crippen molar-refractivity contribution in [2.75, 3.05) is 5.32 Å². The quantitative estimate of drug-likeness (QED) is 0.873. The maximum Gasteiger partial charge on any atom is 0.227 e. The van der Waals surface area contributed by atoms with Crippen LogP contribution in [0.4, 0.5) is 5.69 Å². The van der Waals surface area contributed by atoms with Crippen LogP contribution in [0.15, 0.2) is 22.7 Å². The zero-order valence-corrected chi connectivity index (χ0v) is 11.7. The fraction of sp³-hybridized carbons (Fsp3) is 0.417. The summed E-state index contributed by atoms with van der Waals surface area (Å²) in [7, 11) is 0. The van der Waals surface area contributed by atoms with Crippen LogP contribution in [-0.2, 0) is 4.79 Å². The lowest BCUT2D eigenvalue weighted by atomic mass is 10.1. The van der Waals surface area contributed by atoms with Crippen molar-refractivity contribution in [3.8, 4) is 0 Å². The minimum absolute atomic E-state index is 0.0240. The Kier molecular flexibility index (Phi) is 5.29. The average Bonchev–Trinajstić information content (AvgIpc) is 2.25. The second-order valence-electron chi connectivity index (χ2n) is 3.78. The van der Waals surface area contributed by atoms with E-state index in [-0.39, 0.29) is 11.8 Å². The second kappa shape index (κ2) is 6.26. The van der Waals surface area contributed by atoms with Gasteiger partial charge in [0.15, 0.2) is 0 Å². The molecular weight excluding hydrogens is 289 g/mol. The van der Waals surface area contributed by atoms with Crippen LogP contribution in [0.1, 0.15) is 26.7 Å². The van der Waals surface area contributed by atoms with E-state index in [0.29, 0.717) is 5.02 Å². The number of halogens is 2. The lowest BCUT2D eigenvalue weighted by molar-refractivity contribution is -0.119. The molecule has 0 spiro atoms. The Morgan fingerprint density at radius 1 is 1.56 bits per heavy atom. The molecule has 1 aromatic carbocycles. The molecule has 2 nitrogen and oxygen atoms in total. The molecule has 0 bridgehead atoms. The molecule has 0 saturated carbocycles. The van der Waals surface area contributed by atoms with Gasteiger partial charge >= 0.3 is 0 Å². The number of carbonyl (C=O) groups is 1. The van der Waals surface area contributed by atoms with Gasteiger partial charge in [-0.05, 0) is 34.5 Å². The van der Waals surface area contributed by atoms with Crippen LogP contribution in [0.2, 0.25) is 5.02 Å². The number of carbonyl (C=O) groups excluding carboxylic acids is 1. The first kappa shape index (κ1) is 13.5. The van der Waals surface area contributed by atoms with Crippen molar-refractivity contribution < 1.29 is 4.79 Å². The van der Waals surface area contributed by atoms with Crippen molar-refractivity contribution in [2.24, 2.45) is 5.92 Å². The van der Waals surface area contributed by atoms with Crippen molar-refractivity contribution >= 4 is 39.1 Å². The zero-order valence-electron chi connectivity index (χ0n) is 9.39. The Balaban J connectivity index is 2.73. The van der Waals surface area contributed by atoms with Crippen LogP contribution in [0.3, 0.4) is 0 Å². The molecule has 1 amide bonds. The van der Waals surface area contributed by atoms with Gasteiger partial charge in [-0.1, -0.05) is 37.9 Å². The first-order chi connectivity index (χ1) is 7.56. The van der Waals surface area contributed by atoms with Crippen molar-refractivity contribution in [3.05, 3.63) is 27.7 Å². The summed E-state index contributed by atoms with van der Waals surface area (Å²) in [5.41, 5.74) is 0.723. The summed E-state index contributed by atoms with van der Waals surface area (Å²) in [6.07, 6.45) is 1.90. The standard InChI is InChI=1S/C12H15BrClNO/c1-3-5-8(2)12(16)15-10-7-4-6-9(14)11(10)13/h4,6-8H,3,5H2,1-2H3,(H,15,16). The molecule has 0 aromatic heterocycles. The van der Waals surface area contributed by atoms with Gasteiger partial charge in [0.05, 0.1) is 15.2 Å². The normalized spacial score (nSPS) is 12.2. The molecule has 1 aromatic rings. The summed E-state index contributed by atoms with van der Waals surface area (Å²) < 4.78 is 0.730. The highest BCUT2D eigenvalue weighted by molar-refractivity contribution is 9.10. The molecule has 16 heavy (non-hydrogen) atoms. The number of anilines is 1. The van der Waals surface area contributed by atoms with Gasteiger partial charge in [0.2, 0.25) is 5.91 Å². The minimum Gasteiger partial charge on any atom is -0.325 e. The third kappa shape index (κ3) is 3.49. The second-order valence-corrected chi connectivity index (χ2v) is 4.98. The number of benzene rings is 1. The molecule has 0 saturated heterocycles. The van der Waals surface area contributed by atoms with Crippen LogP contribution >= 0.6 is 27.5 Å². The van der Waals surface area contributed by atoms with E-state index < -0.39 is 0 Å². The third-order valence-electron chi connectivity index (χ3n) is 2.38. The van der Waals surface area contributed by atoms with Gasteiger partial charge in [0.25, 0.3) is 0 Å². The molecular formula is C12H15BrClNO. The lowest BCUT2D eigenvalue weighted by Gasteiger charge is -2.12. The summed E-state index contributed by atoms with van der Waals surface area (Å²) in [5.74, 6) is 0.0562. The Hall–Kier alpha value is -0.540. The van der Waals surface area contributed by atoms with E-state index in [4.69, 9.17) is 11.6 Å².